The van der Waals surface area contributed by atoms with Gasteiger partial charge in [-0.2, -0.15) is 0 Å². The van der Waals surface area contributed by atoms with Crippen molar-refractivity contribution in [3.8, 4) is 5.75 Å². The molecule has 0 amide bonds. The van der Waals surface area contributed by atoms with E-state index in [2.05, 4.69) is 20.7 Å². The van der Waals surface area contributed by atoms with Gasteiger partial charge in [0, 0.05) is 12.1 Å². The highest BCUT2D eigenvalue weighted by Gasteiger charge is 2.10. The Hall–Kier alpha value is -2.41. The topological polar surface area (TPSA) is 78.7 Å². The van der Waals surface area contributed by atoms with Crippen molar-refractivity contribution in [1.29, 1.82) is 0 Å². The predicted molar refractivity (Wildman–Crippen MR) is 82.9 cm³/mol. The lowest BCUT2D eigenvalue weighted by molar-refractivity contribution is -0.384. The Morgan fingerprint density at radius 2 is 2.05 bits per heavy atom. The molecule has 0 spiro atoms. The summed E-state index contributed by atoms with van der Waals surface area (Å²) in [5, 5.41) is 10.7. The molecule has 0 atom stereocenters. The fourth-order valence-corrected chi connectivity index (χ4v) is 2.28. The number of non-ortho nitro benzene ring substituents is 1. The zero-order valence-corrected chi connectivity index (χ0v) is 13.2. The number of benzene rings is 2. The van der Waals surface area contributed by atoms with Gasteiger partial charge in [0.25, 0.3) is 5.69 Å². The number of halogens is 1. The molecule has 0 saturated heterocycles. The monoisotopic (exact) mass is 365 g/mol. The quantitative estimate of drug-likeness (QED) is 0.458. The third-order valence-corrected chi connectivity index (χ3v) is 3.49. The van der Waals surface area contributed by atoms with Crippen molar-refractivity contribution < 1.29 is 19.2 Å². The zero-order chi connectivity index (χ0) is 16.1. The average Bonchev–Trinajstić information content (AvgIpc) is 2.53. The molecule has 0 N–H and O–H groups in total. The molecule has 0 radical (unpaired) electrons. The molecule has 22 heavy (non-hydrogen) atoms. The number of nitro groups is 1. The summed E-state index contributed by atoms with van der Waals surface area (Å²) >= 11 is 3.31. The molecule has 0 aliphatic rings. The second-order valence-corrected chi connectivity index (χ2v) is 5.21. The van der Waals surface area contributed by atoms with Crippen LogP contribution in [0.15, 0.2) is 46.9 Å². The molecular formula is C15H12BrNO5. The van der Waals surface area contributed by atoms with Crippen molar-refractivity contribution in [3.63, 3.8) is 0 Å². The lowest BCUT2D eigenvalue weighted by Gasteiger charge is -2.09. The number of carbonyl (C=O) groups excluding carboxylic acids is 1. The van der Waals surface area contributed by atoms with E-state index in [0.29, 0.717) is 21.3 Å². The number of hydrogen-bond acceptors (Lipinski definition) is 5. The van der Waals surface area contributed by atoms with Crippen molar-refractivity contribution in [2.45, 2.75) is 6.61 Å². The minimum Gasteiger partial charge on any atom is -0.488 e. The SMILES string of the molecule is COC(=O)c1ccc(OCc2cccc([N+](=O)[O-])c2)c(Br)c1. The first-order valence-electron chi connectivity index (χ1n) is 6.25. The van der Waals surface area contributed by atoms with E-state index < -0.39 is 10.9 Å². The van der Waals surface area contributed by atoms with E-state index in [1.807, 2.05) is 0 Å². The predicted octanol–water partition coefficient (Wildman–Crippen LogP) is 3.72. The van der Waals surface area contributed by atoms with Crippen LogP contribution < -0.4 is 4.74 Å². The number of esters is 1. The number of ether oxygens (including phenoxy) is 2. The summed E-state index contributed by atoms with van der Waals surface area (Å²) in [4.78, 5) is 21.7. The van der Waals surface area contributed by atoms with Crippen LogP contribution in [0.5, 0.6) is 5.75 Å². The Labute approximate surface area is 134 Å². The Morgan fingerprint density at radius 3 is 2.68 bits per heavy atom. The molecule has 6 nitrogen and oxygen atoms in total. The summed E-state index contributed by atoms with van der Waals surface area (Å²) in [5.41, 5.74) is 1.09. The Kier molecular flexibility index (Phi) is 5.11. The molecule has 2 aromatic rings. The number of nitro benzene ring substituents is 1. The summed E-state index contributed by atoms with van der Waals surface area (Å²) < 4.78 is 10.8. The van der Waals surface area contributed by atoms with Crippen LogP contribution in [0, 0.1) is 10.1 Å². The van der Waals surface area contributed by atoms with E-state index >= 15 is 0 Å². The van der Waals surface area contributed by atoms with E-state index in [1.54, 1.807) is 30.3 Å². The summed E-state index contributed by atoms with van der Waals surface area (Å²) in [7, 11) is 1.31. The molecule has 2 aromatic carbocycles. The van der Waals surface area contributed by atoms with Crippen LogP contribution in [0.1, 0.15) is 15.9 Å². The highest BCUT2D eigenvalue weighted by atomic mass is 79.9. The fraction of sp³-hybridized carbons (Fsp3) is 0.133. The molecule has 0 heterocycles. The van der Waals surface area contributed by atoms with E-state index in [0.717, 1.165) is 0 Å². The molecule has 0 aliphatic heterocycles. The molecule has 0 bridgehead atoms. The van der Waals surface area contributed by atoms with Crippen molar-refractivity contribution in [2.75, 3.05) is 7.11 Å². The van der Waals surface area contributed by atoms with Crippen LogP contribution in [0.3, 0.4) is 0 Å². The number of methoxy groups -OCH3 is 1. The van der Waals surface area contributed by atoms with Crippen molar-refractivity contribution in [1.82, 2.24) is 0 Å². The largest absolute Gasteiger partial charge is 0.488 e. The lowest BCUT2D eigenvalue weighted by Crippen LogP contribution is -2.02. The normalized spacial score (nSPS) is 10.1. The van der Waals surface area contributed by atoms with Gasteiger partial charge in [-0.15, -0.1) is 0 Å². The van der Waals surface area contributed by atoms with Gasteiger partial charge in [0.1, 0.15) is 12.4 Å². The molecule has 0 aromatic heterocycles. The van der Waals surface area contributed by atoms with E-state index in [-0.39, 0.29) is 12.3 Å². The van der Waals surface area contributed by atoms with Crippen LogP contribution >= 0.6 is 15.9 Å². The molecule has 0 fully saturated rings. The summed E-state index contributed by atoms with van der Waals surface area (Å²) in [6, 6.07) is 11.0. The Morgan fingerprint density at radius 1 is 1.27 bits per heavy atom. The number of rotatable bonds is 5. The number of nitrogens with zero attached hydrogens (tertiary/aromatic N) is 1. The molecular weight excluding hydrogens is 354 g/mol. The van der Waals surface area contributed by atoms with Crippen LogP contribution in [0.2, 0.25) is 0 Å². The zero-order valence-electron chi connectivity index (χ0n) is 11.6. The van der Waals surface area contributed by atoms with E-state index in [1.165, 1.54) is 19.2 Å². The highest BCUT2D eigenvalue weighted by Crippen LogP contribution is 2.27. The van der Waals surface area contributed by atoms with Gasteiger partial charge >= 0.3 is 5.97 Å². The maximum absolute atomic E-state index is 11.4. The van der Waals surface area contributed by atoms with E-state index in [9.17, 15) is 14.9 Å². The Balaban J connectivity index is 2.10. The summed E-state index contributed by atoms with van der Waals surface area (Å²) in [6.45, 7) is 0.178. The first-order chi connectivity index (χ1) is 10.5. The molecule has 0 aliphatic carbocycles. The van der Waals surface area contributed by atoms with Gasteiger partial charge in [-0.25, -0.2) is 4.79 Å². The lowest BCUT2D eigenvalue weighted by atomic mass is 10.2. The number of hydrogen-bond donors (Lipinski definition) is 0. The van der Waals surface area contributed by atoms with Gasteiger partial charge in [0.2, 0.25) is 0 Å². The van der Waals surface area contributed by atoms with Gasteiger partial charge in [0.15, 0.2) is 0 Å². The van der Waals surface area contributed by atoms with Crippen LogP contribution in [0.4, 0.5) is 5.69 Å². The second kappa shape index (κ2) is 7.04. The van der Waals surface area contributed by atoms with Crippen molar-refractivity contribution in [2.24, 2.45) is 0 Å². The third kappa shape index (κ3) is 3.82. The third-order valence-electron chi connectivity index (χ3n) is 2.87. The van der Waals surface area contributed by atoms with Gasteiger partial charge in [-0.05, 0) is 39.7 Å². The standard InChI is InChI=1S/C15H12BrNO5/c1-21-15(18)11-5-6-14(13(16)8-11)22-9-10-3-2-4-12(7-10)17(19)20/h2-8H,9H2,1H3. The van der Waals surface area contributed by atoms with Gasteiger partial charge in [0.05, 0.1) is 22.1 Å². The maximum Gasteiger partial charge on any atom is 0.337 e. The number of carbonyl (C=O) groups is 1. The first kappa shape index (κ1) is 16.0. The molecule has 114 valence electrons. The first-order valence-corrected chi connectivity index (χ1v) is 7.04. The highest BCUT2D eigenvalue weighted by molar-refractivity contribution is 9.10. The molecule has 7 heteroatoms. The molecule has 0 saturated carbocycles. The van der Waals surface area contributed by atoms with Gasteiger partial charge in [-0.3, -0.25) is 10.1 Å². The van der Waals surface area contributed by atoms with E-state index in [4.69, 9.17) is 4.74 Å². The second-order valence-electron chi connectivity index (χ2n) is 4.35. The van der Waals surface area contributed by atoms with Gasteiger partial charge in [-0.1, -0.05) is 12.1 Å². The molecule has 0 unspecified atom stereocenters. The fourth-order valence-electron chi connectivity index (χ4n) is 1.78. The minimum atomic E-state index is -0.454. The minimum absolute atomic E-state index is 0.0150. The maximum atomic E-state index is 11.4. The van der Waals surface area contributed by atoms with Crippen LogP contribution in [-0.2, 0) is 11.3 Å². The van der Waals surface area contributed by atoms with Gasteiger partial charge < -0.3 is 9.47 Å². The van der Waals surface area contributed by atoms with Crippen molar-refractivity contribution >= 4 is 27.6 Å². The van der Waals surface area contributed by atoms with Crippen LogP contribution in [0.25, 0.3) is 0 Å². The molecule has 2 rings (SSSR count). The smallest absolute Gasteiger partial charge is 0.337 e. The van der Waals surface area contributed by atoms with Crippen LogP contribution in [-0.4, -0.2) is 18.0 Å². The average molecular weight is 366 g/mol. The Bertz CT molecular complexity index is 717. The summed E-state index contributed by atoms with van der Waals surface area (Å²) in [6.07, 6.45) is 0. The summed E-state index contributed by atoms with van der Waals surface area (Å²) in [5.74, 6) is 0.0880. The van der Waals surface area contributed by atoms with Crippen molar-refractivity contribution in [3.05, 3.63) is 68.2 Å².